The number of carbonyl (C=O) groups excluding carboxylic acids is 2. The zero-order valence-electron chi connectivity index (χ0n) is 21.9. The average Bonchev–Trinajstić information content (AvgIpc) is 3.44. The van der Waals surface area contributed by atoms with Gasteiger partial charge in [0, 0.05) is 39.2 Å². The highest BCUT2D eigenvalue weighted by molar-refractivity contribution is 8.00. The number of ether oxygens (including phenoxy) is 2. The van der Waals surface area contributed by atoms with Gasteiger partial charge in [-0.15, -0.1) is 23.1 Å². The van der Waals surface area contributed by atoms with E-state index in [9.17, 15) is 19.7 Å². The molecule has 4 rings (SSSR count). The molecule has 206 valence electrons. The predicted octanol–water partition coefficient (Wildman–Crippen LogP) is 6.50. The molecule has 0 radical (unpaired) electrons. The number of nitrogens with zero attached hydrogens (tertiary/aromatic N) is 2. The van der Waals surface area contributed by atoms with Gasteiger partial charge in [-0.1, -0.05) is 19.1 Å². The number of methoxy groups -OCH3 is 2. The smallest absolute Gasteiger partial charge is 0.270 e. The van der Waals surface area contributed by atoms with Crippen LogP contribution in [0.2, 0.25) is 0 Å². The van der Waals surface area contributed by atoms with Crippen molar-refractivity contribution >= 4 is 51.4 Å². The molecule has 0 saturated carbocycles. The van der Waals surface area contributed by atoms with Gasteiger partial charge in [-0.05, 0) is 48.9 Å². The van der Waals surface area contributed by atoms with Crippen LogP contribution in [0.4, 0.5) is 16.5 Å². The zero-order valence-corrected chi connectivity index (χ0v) is 23.5. The molecule has 2 amide bonds. The summed E-state index contributed by atoms with van der Waals surface area (Å²) in [7, 11) is 3.14. The van der Waals surface area contributed by atoms with E-state index in [1.54, 1.807) is 38.5 Å². The number of nitro groups is 1. The minimum atomic E-state index is -0.549. The van der Waals surface area contributed by atoms with Gasteiger partial charge < -0.3 is 20.1 Å². The molecule has 0 fully saturated rings. The van der Waals surface area contributed by atoms with Crippen LogP contribution < -0.4 is 20.1 Å². The number of hydrogen-bond acceptors (Lipinski definition) is 9. The van der Waals surface area contributed by atoms with E-state index in [1.165, 1.54) is 47.4 Å². The van der Waals surface area contributed by atoms with Gasteiger partial charge in [-0.2, -0.15) is 0 Å². The zero-order chi connectivity index (χ0) is 28.6. The number of carbonyl (C=O) groups is 2. The van der Waals surface area contributed by atoms with Crippen molar-refractivity contribution in [2.24, 2.45) is 0 Å². The van der Waals surface area contributed by atoms with E-state index in [0.717, 1.165) is 10.5 Å². The molecule has 1 unspecified atom stereocenters. The fourth-order valence-corrected chi connectivity index (χ4v) is 5.48. The second-order valence-corrected chi connectivity index (χ2v) is 10.5. The van der Waals surface area contributed by atoms with E-state index >= 15 is 0 Å². The van der Waals surface area contributed by atoms with Gasteiger partial charge in [0.15, 0.2) is 16.6 Å². The average molecular weight is 579 g/mol. The van der Waals surface area contributed by atoms with Crippen LogP contribution in [0.1, 0.15) is 23.7 Å². The molecule has 1 atom stereocenters. The number of hydrogen-bond donors (Lipinski definition) is 2. The summed E-state index contributed by atoms with van der Waals surface area (Å²) in [4.78, 5) is 41.5. The topological polar surface area (TPSA) is 133 Å². The first-order valence-electron chi connectivity index (χ1n) is 12.1. The number of nitrogens with one attached hydrogen (secondary N) is 2. The molecule has 4 aromatic rings. The van der Waals surface area contributed by atoms with Crippen LogP contribution in [0.15, 0.2) is 77.0 Å². The number of aromatic nitrogens is 1. The predicted molar refractivity (Wildman–Crippen MR) is 157 cm³/mol. The number of thioether (sulfide) groups is 1. The Balaban J connectivity index is 1.41. The van der Waals surface area contributed by atoms with Crippen molar-refractivity contribution in [2.45, 2.75) is 23.5 Å². The lowest BCUT2D eigenvalue weighted by Crippen LogP contribution is -2.24. The summed E-state index contributed by atoms with van der Waals surface area (Å²) in [5, 5.41) is 18.6. The van der Waals surface area contributed by atoms with E-state index in [1.807, 2.05) is 30.5 Å². The second-order valence-electron chi connectivity index (χ2n) is 8.40. The molecule has 10 nitrogen and oxygen atoms in total. The Morgan fingerprint density at radius 1 is 1.02 bits per heavy atom. The molecule has 3 aromatic carbocycles. The maximum atomic E-state index is 13.1. The molecule has 1 heterocycles. The van der Waals surface area contributed by atoms with Gasteiger partial charge in [-0.3, -0.25) is 19.7 Å². The normalized spacial score (nSPS) is 11.4. The number of non-ortho nitro benzene ring substituents is 1. The van der Waals surface area contributed by atoms with E-state index in [4.69, 9.17) is 9.47 Å². The van der Waals surface area contributed by atoms with Crippen LogP contribution in [0, 0.1) is 10.1 Å². The van der Waals surface area contributed by atoms with Gasteiger partial charge in [0.05, 0.1) is 30.1 Å². The Morgan fingerprint density at radius 3 is 2.52 bits per heavy atom. The molecule has 0 bridgehead atoms. The standard InChI is InChI=1S/C28H26N4O6S2/c1-4-25(27(34)31-28-30-22(16-39-28)17-11-12-23(37-2)24(14-17)38-3)40-21-10-6-8-19(15-21)29-26(33)18-7-5-9-20(13-18)32(35)36/h5-16,25H,4H2,1-3H3,(H,29,33)(H,30,31,34). The monoisotopic (exact) mass is 578 g/mol. The molecule has 40 heavy (non-hydrogen) atoms. The lowest BCUT2D eigenvalue weighted by Gasteiger charge is -2.14. The van der Waals surface area contributed by atoms with Crippen molar-refractivity contribution in [3.05, 3.63) is 87.8 Å². The van der Waals surface area contributed by atoms with Crippen molar-refractivity contribution in [1.82, 2.24) is 4.98 Å². The van der Waals surface area contributed by atoms with Crippen LogP contribution in [0.25, 0.3) is 11.3 Å². The van der Waals surface area contributed by atoms with Crippen molar-refractivity contribution in [1.29, 1.82) is 0 Å². The highest BCUT2D eigenvalue weighted by Crippen LogP contribution is 2.34. The van der Waals surface area contributed by atoms with Crippen LogP contribution >= 0.6 is 23.1 Å². The van der Waals surface area contributed by atoms with Crippen molar-refractivity contribution in [2.75, 3.05) is 24.9 Å². The number of amides is 2. The lowest BCUT2D eigenvalue weighted by molar-refractivity contribution is -0.384. The first-order valence-corrected chi connectivity index (χ1v) is 13.9. The van der Waals surface area contributed by atoms with Crippen LogP contribution in [-0.2, 0) is 4.79 Å². The fourth-order valence-electron chi connectivity index (χ4n) is 3.74. The van der Waals surface area contributed by atoms with Gasteiger partial charge >= 0.3 is 0 Å². The highest BCUT2D eigenvalue weighted by atomic mass is 32.2. The summed E-state index contributed by atoms with van der Waals surface area (Å²) < 4.78 is 10.7. The fraction of sp³-hybridized carbons (Fsp3) is 0.179. The highest BCUT2D eigenvalue weighted by Gasteiger charge is 2.20. The maximum Gasteiger partial charge on any atom is 0.270 e. The number of nitro benzene ring substituents is 1. The summed E-state index contributed by atoms with van der Waals surface area (Å²) >= 11 is 2.69. The van der Waals surface area contributed by atoms with Gasteiger partial charge in [-0.25, -0.2) is 4.98 Å². The quantitative estimate of drug-likeness (QED) is 0.117. The molecule has 1 aromatic heterocycles. The SMILES string of the molecule is CCC(Sc1cccc(NC(=O)c2cccc([N+](=O)[O-])c2)c1)C(=O)Nc1nc(-c2ccc(OC)c(OC)c2)cs1. The van der Waals surface area contributed by atoms with E-state index < -0.39 is 16.1 Å². The molecule has 0 saturated heterocycles. The first kappa shape index (κ1) is 28.6. The summed E-state index contributed by atoms with van der Waals surface area (Å²) in [5.41, 5.74) is 2.06. The van der Waals surface area contributed by atoms with Gasteiger partial charge in [0.25, 0.3) is 11.6 Å². The third-order valence-electron chi connectivity index (χ3n) is 5.77. The van der Waals surface area contributed by atoms with Gasteiger partial charge in [0.2, 0.25) is 5.91 Å². The lowest BCUT2D eigenvalue weighted by atomic mass is 10.1. The minimum Gasteiger partial charge on any atom is -0.493 e. The minimum absolute atomic E-state index is 0.162. The Kier molecular flexibility index (Phi) is 9.35. The van der Waals surface area contributed by atoms with Crippen molar-refractivity contribution in [3.8, 4) is 22.8 Å². The molecule has 0 spiro atoms. The van der Waals surface area contributed by atoms with E-state index in [2.05, 4.69) is 15.6 Å². The van der Waals surface area contributed by atoms with Crippen LogP contribution in [0.5, 0.6) is 11.5 Å². The second kappa shape index (κ2) is 13.1. The summed E-state index contributed by atoms with van der Waals surface area (Å²) in [6, 6.07) is 18.1. The molecule has 12 heteroatoms. The largest absolute Gasteiger partial charge is 0.493 e. The number of rotatable bonds is 11. The Hall–Kier alpha value is -4.42. The van der Waals surface area contributed by atoms with E-state index in [-0.39, 0.29) is 17.2 Å². The third kappa shape index (κ3) is 6.96. The van der Waals surface area contributed by atoms with Crippen molar-refractivity contribution < 1.29 is 24.0 Å². The maximum absolute atomic E-state index is 13.1. The Morgan fingerprint density at radius 2 is 1.80 bits per heavy atom. The molecular formula is C28H26N4O6S2. The molecule has 2 N–H and O–H groups in total. The summed E-state index contributed by atoms with van der Waals surface area (Å²) in [5.74, 6) is 0.548. The van der Waals surface area contributed by atoms with Gasteiger partial charge in [0.1, 0.15) is 0 Å². The molecular weight excluding hydrogens is 552 g/mol. The molecule has 0 aliphatic carbocycles. The summed E-state index contributed by atoms with van der Waals surface area (Å²) in [6.07, 6.45) is 0.564. The van der Waals surface area contributed by atoms with Crippen molar-refractivity contribution in [3.63, 3.8) is 0 Å². The first-order chi connectivity index (χ1) is 19.3. The van der Waals surface area contributed by atoms with E-state index in [0.29, 0.717) is 34.4 Å². The summed E-state index contributed by atoms with van der Waals surface area (Å²) in [6.45, 7) is 1.92. The Labute approximate surface area is 238 Å². The number of thiazole rings is 1. The van der Waals surface area contributed by atoms with Crippen LogP contribution in [-0.4, -0.2) is 41.2 Å². The van der Waals surface area contributed by atoms with Crippen LogP contribution in [0.3, 0.4) is 0 Å². The molecule has 0 aliphatic rings. The third-order valence-corrected chi connectivity index (χ3v) is 7.88. The number of benzene rings is 3. The number of anilines is 2. The Bertz CT molecular complexity index is 1540. The molecule has 0 aliphatic heterocycles.